The number of nitrogens with two attached hydrogens (primary N) is 1. The summed E-state index contributed by atoms with van der Waals surface area (Å²) in [4.78, 5) is 12.1. The smallest absolute Gasteiger partial charge is 0.237 e. The van der Waals surface area contributed by atoms with E-state index in [2.05, 4.69) is 34.3 Å². The summed E-state index contributed by atoms with van der Waals surface area (Å²) in [6, 6.07) is 19.8. The summed E-state index contributed by atoms with van der Waals surface area (Å²) in [7, 11) is 0. The second-order valence-electron chi connectivity index (χ2n) is 6.01. The average Bonchev–Trinajstić information content (AvgIpc) is 3.02. The number of carbonyl (C=O) groups is 1. The third-order valence-corrected chi connectivity index (χ3v) is 4.19. The van der Waals surface area contributed by atoms with Crippen LogP contribution in [0.4, 0.5) is 0 Å². The molecule has 0 fully saturated rings. The molecule has 3 rings (SSSR count). The number of fused-ring (bicyclic) bond motifs is 1. The van der Waals surface area contributed by atoms with Gasteiger partial charge in [0.25, 0.3) is 0 Å². The Morgan fingerprint density at radius 1 is 1.00 bits per heavy atom. The molecule has 3 N–H and O–H groups in total. The number of rotatable bonds is 7. The van der Waals surface area contributed by atoms with Gasteiger partial charge in [-0.3, -0.25) is 4.79 Å². The van der Waals surface area contributed by atoms with Gasteiger partial charge >= 0.3 is 0 Å². The van der Waals surface area contributed by atoms with E-state index in [1.165, 1.54) is 10.9 Å². The summed E-state index contributed by atoms with van der Waals surface area (Å²) in [5, 5.41) is 4.18. The van der Waals surface area contributed by atoms with Gasteiger partial charge in [-0.25, -0.2) is 0 Å². The zero-order chi connectivity index (χ0) is 16.8. The van der Waals surface area contributed by atoms with E-state index in [0.29, 0.717) is 13.0 Å². The first kappa shape index (κ1) is 22.0. The second kappa shape index (κ2) is 10.9. The van der Waals surface area contributed by atoms with E-state index >= 15 is 0 Å². The average molecular weight is 394 g/mol. The molecule has 0 aliphatic heterocycles. The lowest BCUT2D eigenvalue weighted by Crippen LogP contribution is -2.42. The Bertz CT molecular complexity index is 805. The first-order valence-corrected chi connectivity index (χ1v) is 8.35. The molecular formula is C20H25Cl2N3O. The van der Waals surface area contributed by atoms with Crippen molar-refractivity contribution in [3.8, 4) is 0 Å². The minimum absolute atomic E-state index is 0. The number of aromatic nitrogens is 1. The van der Waals surface area contributed by atoms with Crippen molar-refractivity contribution in [3.05, 3.63) is 72.4 Å². The van der Waals surface area contributed by atoms with E-state index in [0.717, 1.165) is 18.5 Å². The quantitative estimate of drug-likeness (QED) is 0.602. The molecule has 0 spiro atoms. The van der Waals surface area contributed by atoms with E-state index in [9.17, 15) is 4.79 Å². The Balaban J connectivity index is 0.00000169. The predicted octanol–water partition coefficient (Wildman–Crippen LogP) is 3.56. The number of amides is 1. The van der Waals surface area contributed by atoms with Crippen LogP contribution in [0, 0.1) is 0 Å². The summed E-state index contributed by atoms with van der Waals surface area (Å²) in [6.07, 6.45) is 3.53. The van der Waals surface area contributed by atoms with Crippen LogP contribution >= 0.6 is 24.8 Å². The third kappa shape index (κ3) is 5.77. The molecule has 26 heavy (non-hydrogen) atoms. The molecule has 1 heterocycles. The Morgan fingerprint density at radius 3 is 2.46 bits per heavy atom. The van der Waals surface area contributed by atoms with Gasteiger partial charge in [0, 0.05) is 24.8 Å². The number of halogens is 2. The zero-order valence-electron chi connectivity index (χ0n) is 14.5. The van der Waals surface area contributed by atoms with Gasteiger partial charge in [-0.2, -0.15) is 0 Å². The van der Waals surface area contributed by atoms with Crippen LogP contribution in [0.25, 0.3) is 10.9 Å². The summed E-state index contributed by atoms with van der Waals surface area (Å²) < 4.78 is 2.21. The number of carbonyl (C=O) groups excluding carboxylic acids is 1. The molecule has 3 aromatic rings. The molecular weight excluding hydrogens is 369 g/mol. The number of nitrogens with one attached hydrogen (secondary N) is 1. The van der Waals surface area contributed by atoms with Crippen molar-refractivity contribution in [2.24, 2.45) is 5.73 Å². The summed E-state index contributed by atoms with van der Waals surface area (Å²) in [5.74, 6) is -0.0868. The maximum atomic E-state index is 12.1. The lowest BCUT2D eigenvalue weighted by atomic mass is 10.1. The van der Waals surface area contributed by atoms with Gasteiger partial charge in [0.1, 0.15) is 0 Å². The zero-order valence-corrected chi connectivity index (χ0v) is 16.1. The molecule has 6 heteroatoms. The van der Waals surface area contributed by atoms with Crippen molar-refractivity contribution in [1.82, 2.24) is 9.88 Å². The van der Waals surface area contributed by atoms with E-state index < -0.39 is 6.04 Å². The predicted molar refractivity (Wildman–Crippen MR) is 112 cm³/mol. The van der Waals surface area contributed by atoms with Crippen LogP contribution in [0.15, 0.2) is 66.9 Å². The lowest BCUT2D eigenvalue weighted by Gasteiger charge is -2.12. The number of para-hydroxylation sites is 1. The first-order chi connectivity index (χ1) is 11.7. The van der Waals surface area contributed by atoms with Crippen LogP contribution < -0.4 is 11.1 Å². The van der Waals surface area contributed by atoms with E-state index in [-0.39, 0.29) is 30.7 Å². The van der Waals surface area contributed by atoms with Gasteiger partial charge in [-0.15, -0.1) is 24.8 Å². The van der Waals surface area contributed by atoms with Crippen LogP contribution in [0.3, 0.4) is 0 Å². The number of nitrogens with zero attached hydrogens (tertiary/aromatic N) is 1. The minimum Gasteiger partial charge on any atom is -0.355 e. The molecule has 0 aliphatic rings. The summed E-state index contributed by atoms with van der Waals surface area (Å²) >= 11 is 0. The standard InChI is InChI=1S/C20H23N3O.2ClH/c21-18(15-16-7-2-1-3-8-16)20(24)22-12-6-13-23-14-11-17-9-4-5-10-19(17)23;;/h1-5,7-11,14,18H,6,12-13,15,21H2,(H,22,24);2*1H. The van der Waals surface area contributed by atoms with E-state index in [1.54, 1.807) is 0 Å². The van der Waals surface area contributed by atoms with Crippen LogP contribution in [-0.4, -0.2) is 23.1 Å². The highest BCUT2D eigenvalue weighted by Gasteiger charge is 2.13. The molecule has 1 unspecified atom stereocenters. The molecule has 2 aromatic carbocycles. The molecule has 1 atom stereocenters. The number of hydrogen-bond donors (Lipinski definition) is 2. The van der Waals surface area contributed by atoms with Gasteiger partial charge in [0.2, 0.25) is 5.91 Å². The molecule has 1 aromatic heterocycles. The number of aryl methyl sites for hydroxylation is 1. The normalized spacial score (nSPS) is 11.3. The highest BCUT2D eigenvalue weighted by molar-refractivity contribution is 5.85. The largest absolute Gasteiger partial charge is 0.355 e. The van der Waals surface area contributed by atoms with Crippen molar-refractivity contribution in [3.63, 3.8) is 0 Å². The number of hydrogen-bond acceptors (Lipinski definition) is 2. The summed E-state index contributed by atoms with van der Waals surface area (Å²) in [6.45, 7) is 1.51. The Morgan fingerprint density at radius 2 is 1.69 bits per heavy atom. The van der Waals surface area contributed by atoms with Crippen LogP contribution in [-0.2, 0) is 17.8 Å². The van der Waals surface area contributed by atoms with Gasteiger partial charge in [0.05, 0.1) is 6.04 Å². The fraction of sp³-hybridized carbons (Fsp3) is 0.250. The molecule has 1 amide bonds. The second-order valence-corrected chi connectivity index (χ2v) is 6.01. The Hall–Kier alpha value is -2.01. The van der Waals surface area contributed by atoms with E-state index in [4.69, 9.17) is 5.73 Å². The maximum Gasteiger partial charge on any atom is 0.237 e. The molecule has 0 aliphatic carbocycles. The maximum absolute atomic E-state index is 12.1. The summed E-state index contributed by atoms with van der Waals surface area (Å²) in [5.41, 5.74) is 8.29. The monoisotopic (exact) mass is 393 g/mol. The van der Waals surface area contributed by atoms with Crippen molar-refractivity contribution < 1.29 is 4.79 Å². The van der Waals surface area contributed by atoms with Crippen LogP contribution in [0.2, 0.25) is 0 Å². The third-order valence-electron chi connectivity index (χ3n) is 4.19. The van der Waals surface area contributed by atoms with Crippen molar-refractivity contribution in [2.75, 3.05) is 6.54 Å². The topological polar surface area (TPSA) is 60.1 Å². The molecule has 0 saturated carbocycles. The minimum atomic E-state index is -0.500. The lowest BCUT2D eigenvalue weighted by molar-refractivity contribution is -0.122. The highest BCUT2D eigenvalue weighted by atomic mass is 35.5. The fourth-order valence-corrected chi connectivity index (χ4v) is 2.89. The van der Waals surface area contributed by atoms with Crippen LogP contribution in [0.5, 0.6) is 0 Å². The van der Waals surface area contributed by atoms with Crippen molar-refractivity contribution in [2.45, 2.75) is 25.4 Å². The first-order valence-electron chi connectivity index (χ1n) is 8.35. The molecule has 0 radical (unpaired) electrons. The van der Waals surface area contributed by atoms with Crippen molar-refractivity contribution in [1.29, 1.82) is 0 Å². The molecule has 0 saturated heterocycles. The number of benzene rings is 2. The SMILES string of the molecule is Cl.Cl.NC(Cc1ccccc1)C(=O)NCCCn1ccc2ccccc21. The van der Waals surface area contributed by atoms with Gasteiger partial charge in [-0.05, 0) is 35.9 Å². The highest BCUT2D eigenvalue weighted by Crippen LogP contribution is 2.15. The molecule has 0 bridgehead atoms. The van der Waals surface area contributed by atoms with Crippen LogP contribution in [0.1, 0.15) is 12.0 Å². The van der Waals surface area contributed by atoms with Gasteiger partial charge in [-0.1, -0.05) is 48.5 Å². The molecule has 4 nitrogen and oxygen atoms in total. The van der Waals surface area contributed by atoms with Gasteiger partial charge in [0.15, 0.2) is 0 Å². The molecule has 140 valence electrons. The Kier molecular flexibility index (Phi) is 9.21. The van der Waals surface area contributed by atoms with E-state index in [1.807, 2.05) is 42.5 Å². The Labute approximate surface area is 166 Å². The fourth-order valence-electron chi connectivity index (χ4n) is 2.89. The van der Waals surface area contributed by atoms with Crippen molar-refractivity contribution >= 4 is 41.6 Å². The van der Waals surface area contributed by atoms with Gasteiger partial charge < -0.3 is 15.6 Å².